The number of H-pyrrole nitrogens is 1. The summed E-state index contributed by atoms with van der Waals surface area (Å²) >= 11 is 1.64. The predicted octanol–water partition coefficient (Wildman–Crippen LogP) is 5.26. The van der Waals surface area contributed by atoms with E-state index in [0.29, 0.717) is 18.2 Å². The van der Waals surface area contributed by atoms with E-state index in [2.05, 4.69) is 41.3 Å². The zero-order chi connectivity index (χ0) is 23.4. The van der Waals surface area contributed by atoms with Crippen LogP contribution >= 0.6 is 11.3 Å². The molecule has 0 radical (unpaired) electrons. The van der Waals surface area contributed by atoms with E-state index in [0.717, 1.165) is 28.8 Å². The van der Waals surface area contributed by atoms with Gasteiger partial charge in [0.15, 0.2) is 12.4 Å². The van der Waals surface area contributed by atoms with Crippen LogP contribution in [0.3, 0.4) is 0 Å². The van der Waals surface area contributed by atoms with Gasteiger partial charge in [-0.2, -0.15) is 5.10 Å². The molecule has 33 heavy (non-hydrogen) atoms. The molecule has 0 aliphatic heterocycles. The highest BCUT2D eigenvalue weighted by molar-refractivity contribution is 7.09. The topological polar surface area (TPSA) is 89.1 Å². The summed E-state index contributed by atoms with van der Waals surface area (Å²) in [4.78, 5) is 17.9. The molecule has 0 aliphatic rings. The smallest absolute Gasteiger partial charge is 0.263 e. The van der Waals surface area contributed by atoms with Gasteiger partial charge in [-0.15, -0.1) is 11.3 Å². The number of thiazole rings is 1. The highest BCUT2D eigenvalue weighted by Gasteiger charge is 2.14. The number of aromatic nitrogens is 3. The van der Waals surface area contributed by atoms with Crippen molar-refractivity contribution in [3.05, 3.63) is 64.1 Å². The van der Waals surface area contributed by atoms with Gasteiger partial charge in [-0.1, -0.05) is 32.9 Å². The molecule has 0 bridgehead atoms. The molecule has 0 fully saturated rings. The molecule has 2 aromatic carbocycles. The van der Waals surface area contributed by atoms with Crippen molar-refractivity contribution in [1.29, 1.82) is 0 Å². The van der Waals surface area contributed by atoms with Crippen molar-refractivity contribution in [2.75, 3.05) is 18.5 Å². The third kappa shape index (κ3) is 5.70. The van der Waals surface area contributed by atoms with Gasteiger partial charge in [-0.3, -0.25) is 9.89 Å². The fourth-order valence-corrected chi connectivity index (χ4v) is 4.14. The fourth-order valence-electron chi connectivity index (χ4n) is 3.38. The van der Waals surface area contributed by atoms with Crippen LogP contribution in [0.4, 0.5) is 5.82 Å². The first kappa shape index (κ1) is 22.8. The Morgan fingerprint density at radius 2 is 1.85 bits per heavy atom. The Kier molecular flexibility index (Phi) is 6.65. The van der Waals surface area contributed by atoms with Gasteiger partial charge in [0.05, 0.1) is 23.3 Å². The van der Waals surface area contributed by atoms with Gasteiger partial charge >= 0.3 is 0 Å². The number of fused-ring (bicyclic) bond motifs is 1. The van der Waals surface area contributed by atoms with E-state index in [1.165, 1.54) is 10.4 Å². The molecule has 0 atom stereocenters. The van der Waals surface area contributed by atoms with Crippen LogP contribution in [0.15, 0.2) is 48.0 Å². The number of nitrogens with one attached hydrogen (secondary N) is 2. The quantitative estimate of drug-likeness (QED) is 0.371. The summed E-state index contributed by atoms with van der Waals surface area (Å²) in [6, 6.07) is 13.4. The molecule has 4 aromatic rings. The van der Waals surface area contributed by atoms with E-state index in [-0.39, 0.29) is 17.9 Å². The number of aromatic amines is 1. The van der Waals surface area contributed by atoms with Crippen molar-refractivity contribution < 1.29 is 14.3 Å². The minimum atomic E-state index is -0.274. The van der Waals surface area contributed by atoms with E-state index in [4.69, 9.17) is 9.47 Å². The lowest BCUT2D eigenvalue weighted by molar-refractivity contribution is -0.118. The van der Waals surface area contributed by atoms with E-state index in [1.807, 2.05) is 54.9 Å². The fraction of sp³-hybridized carbons (Fsp3) is 0.320. The summed E-state index contributed by atoms with van der Waals surface area (Å²) in [7, 11) is 0. The van der Waals surface area contributed by atoms with Gasteiger partial charge in [-0.05, 0) is 42.2 Å². The maximum atomic E-state index is 12.4. The normalized spacial score (nSPS) is 11.5. The van der Waals surface area contributed by atoms with Crippen LogP contribution in [0, 0.1) is 6.92 Å². The molecule has 0 spiro atoms. The number of hydrogen-bond acceptors (Lipinski definition) is 6. The standard InChI is InChI=1S/C25H28N4O3S/c1-16-22(33-15-26-16)11-12-31-19-9-10-20-21(13-19)28-29-24(20)27-23(30)14-32-18-7-5-17(6-8-18)25(2,3)4/h5-10,13,15H,11-12,14H2,1-4H3,(H2,27,28,29,30). The molecule has 0 aliphatic carbocycles. The molecule has 7 nitrogen and oxygen atoms in total. The number of benzene rings is 2. The van der Waals surface area contributed by atoms with Gasteiger partial charge in [0.2, 0.25) is 0 Å². The number of nitrogens with zero attached hydrogens (tertiary/aromatic N) is 2. The lowest BCUT2D eigenvalue weighted by Gasteiger charge is -2.19. The van der Waals surface area contributed by atoms with Crippen molar-refractivity contribution in [2.45, 2.75) is 39.5 Å². The van der Waals surface area contributed by atoms with Crippen LogP contribution < -0.4 is 14.8 Å². The number of amides is 1. The first-order chi connectivity index (χ1) is 15.8. The lowest BCUT2D eigenvalue weighted by atomic mass is 9.87. The van der Waals surface area contributed by atoms with Crippen molar-refractivity contribution in [3.8, 4) is 11.5 Å². The van der Waals surface area contributed by atoms with Crippen LogP contribution in [0.2, 0.25) is 0 Å². The summed E-state index contributed by atoms with van der Waals surface area (Å²) in [6.45, 7) is 8.95. The zero-order valence-electron chi connectivity index (χ0n) is 19.3. The number of carbonyl (C=O) groups is 1. The molecule has 2 aromatic heterocycles. The second kappa shape index (κ2) is 9.62. The maximum absolute atomic E-state index is 12.4. The van der Waals surface area contributed by atoms with Crippen molar-refractivity contribution in [2.24, 2.45) is 0 Å². The van der Waals surface area contributed by atoms with Gasteiger partial charge in [0.1, 0.15) is 11.5 Å². The number of ether oxygens (including phenoxy) is 2. The average Bonchev–Trinajstić information content (AvgIpc) is 3.38. The highest BCUT2D eigenvalue weighted by atomic mass is 32.1. The molecule has 0 saturated carbocycles. The van der Waals surface area contributed by atoms with Crippen molar-refractivity contribution >= 4 is 34.0 Å². The second-order valence-corrected chi connectivity index (χ2v) is 9.79. The molecule has 2 N–H and O–H groups in total. The summed E-state index contributed by atoms with van der Waals surface area (Å²) in [5.41, 5.74) is 4.98. The third-order valence-corrected chi connectivity index (χ3v) is 6.32. The molecular formula is C25H28N4O3S. The van der Waals surface area contributed by atoms with Crippen LogP contribution in [0.25, 0.3) is 10.9 Å². The summed E-state index contributed by atoms with van der Waals surface area (Å²) in [5, 5.41) is 10.8. The highest BCUT2D eigenvalue weighted by Crippen LogP contribution is 2.26. The Balaban J connectivity index is 1.31. The van der Waals surface area contributed by atoms with Crippen LogP contribution in [0.1, 0.15) is 36.9 Å². The Hall–Kier alpha value is -3.39. The first-order valence-corrected chi connectivity index (χ1v) is 11.7. The summed E-state index contributed by atoms with van der Waals surface area (Å²) in [5.74, 6) is 1.59. The summed E-state index contributed by atoms with van der Waals surface area (Å²) < 4.78 is 11.5. The summed E-state index contributed by atoms with van der Waals surface area (Å²) in [6.07, 6.45) is 0.817. The van der Waals surface area contributed by atoms with Crippen molar-refractivity contribution in [3.63, 3.8) is 0 Å². The van der Waals surface area contributed by atoms with Crippen LogP contribution in [0.5, 0.6) is 11.5 Å². The molecule has 1 amide bonds. The number of aryl methyl sites for hydroxylation is 1. The molecule has 8 heteroatoms. The minimum absolute atomic E-state index is 0.0718. The van der Waals surface area contributed by atoms with Crippen LogP contribution in [-0.2, 0) is 16.6 Å². The Bertz CT molecular complexity index is 1240. The average molecular weight is 465 g/mol. The molecule has 0 saturated heterocycles. The predicted molar refractivity (Wildman–Crippen MR) is 131 cm³/mol. The van der Waals surface area contributed by atoms with Gasteiger partial charge in [0, 0.05) is 22.8 Å². The SMILES string of the molecule is Cc1ncsc1CCOc1ccc2c(NC(=O)COc3ccc(C(C)(C)C)cc3)n[nH]c2c1. The Labute approximate surface area is 197 Å². The van der Waals surface area contributed by atoms with Gasteiger partial charge < -0.3 is 14.8 Å². The second-order valence-electron chi connectivity index (χ2n) is 8.85. The van der Waals surface area contributed by atoms with Gasteiger partial charge in [0.25, 0.3) is 5.91 Å². The van der Waals surface area contributed by atoms with E-state index >= 15 is 0 Å². The van der Waals surface area contributed by atoms with Crippen LogP contribution in [-0.4, -0.2) is 34.3 Å². The number of hydrogen-bond donors (Lipinski definition) is 2. The lowest BCUT2D eigenvalue weighted by Crippen LogP contribution is -2.20. The van der Waals surface area contributed by atoms with E-state index in [1.54, 1.807) is 11.3 Å². The first-order valence-electron chi connectivity index (χ1n) is 10.8. The van der Waals surface area contributed by atoms with Crippen molar-refractivity contribution in [1.82, 2.24) is 15.2 Å². The maximum Gasteiger partial charge on any atom is 0.263 e. The molecule has 4 rings (SSSR count). The third-order valence-electron chi connectivity index (χ3n) is 5.33. The monoisotopic (exact) mass is 464 g/mol. The van der Waals surface area contributed by atoms with Gasteiger partial charge in [-0.25, -0.2) is 4.98 Å². The Morgan fingerprint density at radius 1 is 1.09 bits per heavy atom. The molecule has 172 valence electrons. The largest absolute Gasteiger partial charge is 0.493 e. The molecular weight excluding hydrogens is 436 g/mol. The number of carbonyl (C=O) groups excluding carboxylic acids is 1. The molecule has 0 unspecified atom stereocenters. The number of anilines is 1. The molecule has 2 heterocycles. The Morgan fingerprint density at radius 3 is 2.55 bits per heavy atom. The number of rotatable bonds is 8. The van der Waals surface area contributed by atoms with E-state index in [9.17, 15) is 4.79 Å². The zero-order valence-corrected chi connectivity index (χ0v) is 20.1. The van der Waals surface area contributed by atoms with E-state index < -0.39 is 0 Å². The minimum Gasteiger partial charge on any atom is -0.493 e.